The summed E-state index contributed by atoms with van der Waals surface area (Å²) in [5, 5.41) is 8.82. The predicted octanol–water partition coefficient (Wildman–Crippen LogP) is 3.69. The average molecular weight is 341 g/mol. The summed E-state index contributed by atoms with van der Waals surface area (Å²) < 4.78 is 68.8. The molecule has 128 valence electrons. The van der Waals surface area contributed by atoms with Crippen molar-refractivity contribution in [2.45, 2.75) is 32.4 Å². The maximum atomic E-state index is 12.9. The number of nitrogens with zero attached hydrogens (tertiary/aromatic N) is 1. The summed E-state index contributed by atoms with van der Waals surface area (Å²) >= 11 is 0. The van der Waals surface area contributed by atoms with Crippen molar-refractivity contribution in [2.24, 2.45) is 0 Å². The van der Waals surface area contributed by atoms with Gasteiger partial charge < -0.3 is 9.84 Å². The number of halogens is 5. The number of unbranched alkanes of at least 4 members (excludes halogenated alkanes) is 1. The first kappa shape index (κ1) is 18.8. The van der Waals surface area contributed by atoms with Crippen molar-refractivity contribution in [1.29, 1.82) is 0 Å². The Morgan fingerprint density at radius 2 is 1.91 bits per heavy atom. The van der Waals surface area contributed by atoms with Crippen LogP contribution in [-0.4, -0.2) is 28.6 Å². The molecule has 0 aliphatic heterocycles. The largest absolute Gasteiger partial charge is 0.478 e. The lowest BCUT2D eigenvalue weighted by Gasteiger charge is -2.14. The number of hydrogen-bond acceptors (Lipinski definition) is 4. The molecule has 0 bridgehead atoms. The van der Waals surface area contributed by atoms with Gasteiger partial charge in [-0.05, 0) is 12.5 Å². The number of hydrogen-bond donors (Lipinski definition) is 1. The Labute approximate surface area is 127 Å². The molecule has 1 N–H and O–H groups in total. The van der Waals surface area contributed by atoms with E-state index < -0.39 is 47.1 Å². The fourth-order valence-electron chi connectivity index (χ4n) is 1.62. The first-order valence-electron chi connectivity index (χ1n) is 6.40. The lowest BCUT2D eigenvalue weighted by Crippen LogP contribution is -2.21. The summed E-state index contributed by atoms with van der Waals surface area (Å²) in [4.78, 5) is 25.3. The summed E-state index contributed by atoms with van der Waals surface area (Å²) in [7, 11) is 0. The molecule has 1 aromatic rings. The normalized spacial score (nSPS) is 11.6. The van der Waals surface area contributed by atoms with Crippen molar-refractivity contribution in [3.63, 3.8) is 0 Å². The minimum Gasteiger partial charge on any atom is -0.478 e. The van der Waals surface area contributed by atoms with Crippen molar-refractivity contribution in [3.05, 3.63) is 28.6 Å². The van der Waals surface area contributed by atoms with Gasteiger partial charge in [-0.15, -0.1) is 0 Å². The number of aromatic carboxylic acids is 1. The van der Waals surface area contributed by atoms with Crippen molar-refractivity contribution >= 4 is 11.9 Å². The highest BCUT2D eigenvalue weighted by Gasteiger charge is 2.40. The molecule has 0 unspecified atom stereocenters. The number of aromatic nitrogens is 1. The number of carboxylic acid groups (broad SMARTS) is 1. The maximum absolute atomic E-state index is 12.9. The van der Waals surface area contributed by atoms with Gasteiger partial charge in [0.15, 0.2) is 5.69 Å². The summed E-state index contributed by atoms with van der Waals surface area (Å²) in [6.45, 7) is 1.56. The average Bonchev–Trinajstić information content (AvgIpc) is 2.44. The van der Waals surface area contributed by atoms with Crippen molar-refractivity contribution in [2.75, 3.05) is 6.61 Å². The van der Waals surface area contributed by atoms with Gasteiger partial charge in [0, 0.05) is 0 Å². The van der Waals surface area contributed by atoms with E-state index >= 15 is 0 Å². The molecular formula is C13H12F5NO4. The Kier molecular flexibility index (Phi) is 5.99. The van der Waals surface area contributed by atoms with Gasteiger partial charge in [-0.25, -0.2) is 23.4 Å². The molecule has 0 aromatic carbocycles. The van der Waals surface area contributed by atoms with E-state index in [2.05, 4.69) is 9.72 Å². The Bertz CT molecular complexity index is 601. The molecule has 0 atom stereocenters. The van der Waals surface area contributed by atoms with Crippen LogP contribution < -0.4 is 0 Å². The minimum atomic E-state index is -5.22. The number of alkyl halides is 5. The van der Waals surface area contributed by atoms with E-state index in [1.807, 2.05) is 0 Å². The first-order chi connectivity index (χ1) is 10.6. The Balaban J connectivity index is 3.44. The zero-order valence-electron chi connectivity index (χ0n) is 11.8. The number of pyridine rings is 1. The van der Waals surface area contributed by atoms with Crippen LogP contribution in [0.5, 0.6) is 0 Å². The van der Waals surface area contributed by atoms with Gasteiger partial charge in [-0.2, -0.15) is 13.2 Å². The SMILES string of the molecule is CCCCOC(=O)c1cc(C(=O)O)c(C(F)F)nc1C(F)(F)F. The summed E-state index contributed by atoms with van der Waals surface area (Å²) in [5.41, 5.74) is -5.86. The lowest BCUT2D eigenvalue weighted by molar-refractivity contribution is -0.142. The summed E-state index contributed by atoms with van der Waals surface area (Å²) in [5.74, 6) is -3.40. The molecule has 1 aromatic heterocycles. The molecule has 0 radical (unpaired) electrons. The molecular weight excluding hydrogens is 329 g/mol. The highest BCUT2D eigenvalue weighted by Crippen LogP contribution is 2.34. The van der Waals surface area contributed by atoms with Crippen LogP contribution in [0.3, 0.4) is 0 Å². The fourth-order valence-corrected chi connectivity index (χ4v) is 1.62. The lowest BCUT2D eigenvalue weighted by atomic mass is 10.1. The third-order valence-corrected chi connectivity index (χ3v) is 2.71. The fraction of sp³-hybridized carbons (Fsp3) is 0.462. The van der Waals surface area contributed by atoms with Gasteiger partial charge in [0.1, 0.15) is 5.69 Å². The van der Waals surface area contributed by atoms with Crippen LogP contribution in [0.2, 0.25) is 0 Å². The van der Waals surface area contributed by atoms with E-state index in [9.17, 15) is 31.5 Å². The second-order valence-electron chi connectivity index (χ2n) is 4.41. The van der Waals surface area contributed by atoms with Crippen molar-refractivity contribution < 1.29 is 41.4 Å². The molecule has 0 aliphatic rings. The smallest absolute Gasteiger partial charge is 0.434 e. The van der Waals surface area contributed by atoms with Gasteiger partial charge in [0.05, 0.1) is 17.7 Å². The predicted molar refractivity (Wildman–Crippen MR) is 66.3 cm³/mol. The van der Waals surface area contributed by atoms with E-state index in [4.69, 9.17) is 5.11 Å². The number of carbonyl (C=O) groups is 2. The zero-order chi connectivity index (χ0) is 17.8. The van der Waals surface area contributed by atoms with Gasteiger partial charge in [0.25, 0.3) is 6.43 Å². The monoisotopic (exact) mass is 341 g/mol. The van der Waals surface area contributed by atoms with E-state index in [0.29, 0.717) is 12.8 Å². The van der Waals surface area contributed by atoms with Crippen LogP contribution in [0.15, 0.2) is 6.07 Å². The van der Waals surface area contributed by atoms with Crippen LogP contribution in [0, 0.1) is 0 Å². The second kappa shape index (κ2) is 7.34. The van der Waals surface area contributed by atoms with Gasteiger partial charge >= 0.3 is 18.1 Å². The maximum Gasteiger partial charge on any atom is 0.434 e. The van der Waals surface area contributed by atoms with Gasteiger partial charge in [-0.3, -0.25) is 0 Å². The van der Waals surface area contributed by atoms with Crippen LogP contribution >= 0.6 is 0 Å². The molecule has 0 amide bonds. The molecule has 0 aliphatic carbocycles. The highest BCUT2D eigenvalue weighted by atomic mass is 19.4. The molecule has 1 rings (SSSR count). The number of rotatable bonds is 6. The quantitative estimate of drug-likeness (QED) is 0.485. The highest BCUT2D eigenvalue weighted by molar-refractivity contribution is 5.96. The number of esters is 1. The summed E-state index contributed by atoms with van der Waals surface area (Å²) in [6, 6.07) is 0.216. The van der Waals surface area contributed by atoms with Crippen LogP contribution in [0.1, 0.15) is 58.3 Å². The van der Waals surface area contributed by atoms with Crippen molar-refractivity contribution in [3.8, 4) is 0 Å². The molecule has 0 fully saturated rings. The molecule has 0 saturated carbocycles. The molecule has 0 saturated heterocycles. The molecule has 23 heavy (non-hydrogen) atoms. The Hall–Kier alpha value is -2.26. The first-order valence-corrected chi connectivity index (χ1v) is 6.40. The van der Waals surface area contributed by atoms with E-state index in [1.165, 1.54) is 0 Å². The van der Waals surface area contributed by atoms with Crippen LogP contribution in [-0.2, 0) is 10.9 Å². The van der Waals surface area contributed by atoms with Gasteiger partial charge in [0.2, 0.25) is 0 Å². The number of carbonyl (C=O) groups excluding carboxylic acids is 1. The third kappa shape index (κ3) is 4.60. The standard InChI is InChI=1S/C13H12F5NO4/c1-2-3-4-23-12(22)7-5-6(11(20)21)8(10(14)15)19-9(7)13(16,17)18/h5,10H,2-4H2,1H3,(H,20,21). The molecule has 0 spiro atoms. The summed E-state index contributed by atoms with van der Waals surface area (Å²) in [6.07, 6.45) is -7.80. The Morgan fingerprint density at radius 3 is 2.35 bits per heavy atom. The van der Waals surface area contributed by atoms with E-state index in [1.54, 1.807) is 6.92 Å². The van der Waals surface area contributed by atoms with E-state index in [0.717, 1.165) is 0 Å². The molecule has 5 nitrogen and oxygen atoms in total. The number of ether oxygens (including phenoxy) is 1. The van der Waals surface area contributed by atoms with Crippen LogP contribution in [0.4, 0.5) is 22.0 Å². The van der Waals surface area contributed by atoms with Crippen molar-refractivity contribution in [1.82, 2.24) is 4.98 Å². The van der Waals surface area contributed by atoms with Gasteiger partial charge in [-0.1, -0.05) is 13.3 Å². The molecule has 10 heteroatoms. The third-order valence-electron chi connectivity index (χ3n) is 2.71. The number of carboxylic acids is 1. The van der Waals surface area contributed by atoms with E-state index in [-0.39, 0.29) is 12.7 Å². The minimum absolute atomic E-state index is 0.189. The molecule has 1 heterocycles. The van der Waals surface area contributed by atoms with Crippen LogP contribution in [0.25, 0.3) is 0 Å². The zero-order valence-corrected chi connectivity index (χ0v) is 11.8. The Morgan fingerprint density at radius 1 is 1.30 bits per heavy atom. The second-order valence-corrected chi connectivity index (χ2v) is 4.41. The topological polar surface area (TPSA) is 76.5 Å².